The third-order valence-electron chi connectivity index (χ3n) is 2.95. The van der Waals surface area contributed by atoms with Crippen LogP contribution in [0.1, 0.15) is 25.8 Å². The maximum absolute atomic E-state index is 10.9. The average molecular weight is 298 g/mol. The van der Waals surface area contributed by atoms with Crippen molar-refractivity contribution in [1.29, 1.82) is 0 Å². The summed E-state index contributed by atoms with van der Waals surface area (Å²) >= 11 is 1.92. The smallest absolute Gasteiger partial charge is 0.273 e. The summed E-state index contributed by atoms with van der Waals surface area (Å²) in [6.45, 7) is 4.89. The molecular formula is C14H22N2O3S. The second-order valence-electron chi connectivity index (χ2n) is 4.56. The van der Waals surface area contributed by atoms with Crippen LogP contribution >= 0.6 is 11.8 Å². The number of hydrogen-bond acceptors (Lipinski definition) is 5. The molecule has 0 saturated carbocycles. The Balaban J connectivity index is 2.58. The number of hydrogen-bond donors (Lipinski definition) is 1. The quantitative estimate of drug-likeness (QED) is 0.431. The molecule has 0 saturated heterocycles. The summed E-state index contributed by atoms with van der Waals surface area (Å²) in [5, 5.41) is 14.2. The van der Waals surface area contributed by atoms with Crippen LogP contribution in [0.4, 0.5) is 5.69 Å². The lowest BCUT2D eigenvalue weighted by Gasteiger charge is -2.13. The molecule has 1 atom stereocenters. The van der Waals surface area contributed by atoms with Crippen molar-refractivity contribution < 1.29 is 9.66 Å². The molecule has 1 aromatic carbocycles. The zero-order chi connectivity index (χ0) is 15.0. The van der Waals surface area contributed by atoms with Crippen molar-refractivity contribution >= 4 is 17.4 Å². The van der Waals surface area contributed by atoms with E-state index in [1.807, 2.05) is 17.8 Å². The van der Waals surface area contributed by atoms with Crippen LogP contribution in [0, 0.1) is 10.1 Å². The minimum atomic E-state index is -0.395. The molecule has 5 nitrogen and oxygen atoms in total. The summed E-state index contributed by atoms with van der Waals surface area (Å²) in [4.78, 5) is 10.5. The lowest BCUT2D eigenvalue weighted by molar-refractivity contribution is -0.385. The van der Waals surface area contributed by atoms with Gasteiger partial charge in [0.2, 0.25) is 0 Å². The van der Waals surface area contributed by atoms with E-state index in [0.29, 0.717) is 18.3 Å². The second kappa shape index (κ2) is 8.81. The molecule has 0 aliphatic rings. The fourth-order valence-electron chi connectivity index (χ4n) is 1.77. The number of thioether (sulfide) groups is 1. The third-order valence-corrected chi connectivity index (χ3v) is 3.88. The molecule has 1 unspecified atom stereocenters. The highest BCUT2D eigenvalue weighted by atomic mass is 32.2. The molecule has 0 amide bonds. The highest BCUT2D eigenvalue weighted by molar-refractivity contribution is 7.99. The first kappa shape index (κ1) is 16.8. The molecule has 0 radical (unpaired) electrons. The first-order valence-corrected chi connectivity index (χ1v) is 7.85. The van der Waals surface area contributed by atoms with E-state index in [4.69, 9.17) is 4.74 Å². The van der Waals surface area contributed by atoms with Gasteiger partial charge in [0.25, 0.3) is 5.69 Å². The summed E-state index contributed by atoms with van der Waals surface area (Å²) in [7, 11) is 1.51. The zero-order valence-corrected chi connectivity index (χ0v) is 13.0. The van der Waals surface area contributed by atoms with Crippen molar-refractivity contribution in [2.45, 2.75) is 32.9 Å². The molecule has 20 heavy (non-hydrogen) atoms. The Hall–Kier alpha value is -1.27. The predicted octanol–water partition coefficient (Wildman–Crippen LogP) is 3.22. The number of rotatable bonds is 9. The molecule has 6 heteroatoms. The van der Waals surface area contributed by atoms with Gasteiger partial charge in [0.15, 0.2) is 0 Å². The van der Waals surface area contributed by atoms with Crippen LogP contribution in [0.2, 0.25) is 0 Å². The number of nitrogens with one attached hydrogen (secondary N) is 1. The van der Waals surface area contributed by atoms with Gasteiger partial charge in [-0.25, -0.2) is 0 Å². The van der Waals surface area contributed by atoms with Crippen molar-refractivity contribution in [3.05, 3.63) is 33.9 Å². The molecule has 0 aliphatic heterocycles. The van der Waals surface area contributed by atoms with E-state index < -0.39 is 4.92 Å². The molecule has 0 bridgehead atoms. The van der Waals surface area contributed by atoms with Crippen LogP contribution in [-0.4, -0.2) is 29.6 Å². The topological polar surface area (TPSA) is 64.4 Å². The number of ether oxygens (including phenoxy) is 1. The molecule has 0 fully saturated rings. The zero-order valence-electron chi connectivity index (χ0n) is 12.2. The van der Waals surface area contributed by atoms with Crippen molar-refractivity contribution in [3.8, 4) is 5.75 Å². The number of nitrogens with zero attached hydrogens (tertiary/aromatic N) is 1. The van der Waals surface area contributed by atoms with Gasteiger partial charge in [-0.1, -0.05) is 6.92 Å². The second-order valence-corrected chi connectivity index (χ2v) is 5.96. The van der Waals surface area contributed by atoms with E-state index in [1.165, 1.54) is 13.2 Å². The van der Waals surface area contributed by atoms with Crippen LogP contribution in [-0.2, 0) is 6.54 Å². The summed E-state index contributed by atoms with van der Waals surface area (Å²) < 4.78 is 5.10. The van der Waals surface area contributed by atoms with Gasteiger partial charge in [0, 0.05) is 18.7 Å². The van der Waals surface area contributed by atoms with Crippen LogP contribution in [0.15, 0.2) is 18.2 Å². The lowest BCUT2D eigenvalue weighted by Crippen LogP contribution is -2.26. The molecule has 0 aliphatic carbocycles. The highest BCUT2D eigenvalue weighted by Crippen LogP contribution is 2.22. The molecule has 0 spiro atoms. The Bertz CT molecular complexity index is 440. The summed E-state index contributed by atoms with van der Waals surface area (Å²) in [5.41, 5.74) is 0.932. The van der Waals surface area contributed by atoms with Gasteiger partial charge in [-0.05, 0) is 36.5 Å². The third kappa shape index (κ3) is 5.79. The van der Waals surface area contributed by atoms with Gasteiger partial charge in [0.05, 0.1) is 18.1 Å². The number of non-ortho nitro benzene ring substituents is 1. The van der Waals surface area contributed by atoms with E-state index in [0.717, 1.165) is 23.5 Å². The molecular weight excluding hydrogens is 276 g/mol. The summed E-state index contributed by atoms with van der Waals surface area (Å²) in [6.07, 6.45) is 1.09. The van der Waals surface area contributed by atoms with Crippen molar-refractivity contribution in [2.75, 3.05) is 18.6 Å². The maximum atomic E-state index is 10.9. The van der Waals surface area contributed by atoms with Gasteiger partial charge < -0.3 is 10.1 Å². The Labute approximate surface area is 124 Å². The minimum Gasteiger partial charge on any atom is -0.496 e. The minimum absolute atomic E-state index is 0.0651. The Morgan fingerprint density at radius 3 is 2.80 bits per heavy atom. The largest absolute Gasteiger partial charge is 0.496 e. The predicted molar refractivity (Wildman–Crippen MR) is 83.6 cm³/mol. The van der Waals surface area contributed by atoms with E-state index in [9.17, 15) is 10.1 Å². The molecule has 1 aromatic rings. The number of nitro benzene ring substituents is 1. The van der Waals surface area contributed by atoms with Crippen LogP contribution in [0.25, 0.3) is 0 Å². The number of nitro groups is 1. The van der Waals surface area contributed by atoms with E-state index in [2.05, 4.69) is 19.2 Å². The Morgan fingerprint density at radius 2 is 2.20 bits per heavy atom. The van der Waals surface area contributed by atoms with Gasteiger partial charge in [-0.3, -0.25) is 10.1 Å². The molecule has 1 N–H and O–H groups in total. The molecule has 112 valence electrons. The fourth-order valence-corrected chi connectivity index (χ4v) is 2.58. The van der Waals surface area contributed by atoms with Gasteiger partial charge in [-0.15, -0.1) is 0 Å². The van der Waals surface area contributed by atoms with Gasteiger partial charge >= 0.3 is 0 Å². The first-order valence-electron chi connectivity index (χ1n) is 6.70. The van der Waals surface area contributed by atoms with Crippen LogP contribution in [0.3, 0.4) is 0 Å². The Kier molecular flexibility index (Phi) is 7.40. The molecule has 0 aromatic heterocycles. The monoisotopic (exact) mass is 298 g/mol. The fraction of sp³-hybridized carbons (Fsp3) is 0.571. The van der Waals surface area contributed by atoms with E-state index in [1.54, 1.807) is 6.07 Å². The molecule has 0 heterocycles. The maximum Gasteiger partial charge on any atom is 0.273 e. The average Bonchev–Trinajstić information content (AvgIpc) is 2.45. The SMILES string of the molecule is CCSCCC(C)NCc1cc(OC)cc([N+](=O)[O-])c1. The standard InChI is InChI=1S/C14H22N2O3S/c1-4-20-6-5-11(2)15-10-12-7-13(16(17)18)9-14(8-12)19-3/h7-9,11,15H,4-6,10H2,1-3H3. The van der Waals surface area contributed by atoms with Crippen molar-refractivity contribution in [1.82, 2.24) is 5.32 Å². The van der Waals surface area contributed by atoms with E-state index in [-0.39, 0.29) is 5.69 Å². The van der Waals surface area contributed by atoms with Crippen molar-refractivity contribution in [2.24, 2.45) is 0 Å². The van der Waals surface area contributed by atoms with Crippen LogP contribution in [0.5, 0.6) is 5.75 Å². The highest BCUT2D eigenvalue weighted by Gasteiger charge is 2.10. The Morgan fingerprint density at radius 1 is 1.45 bits per heavy atom. The van der Waals surface area contributed by atoms with Gasteiger partial charge in [0.1, 0.15) is 5.75 Å². The van der Waals surface area contributed by atoms with Gasteiger partial charge in [-0.2, -0.15) is 11.8 Å². The molecule has 1 rings (SSSR count). The number of benzene rings is 1. The normalized spacial score (nSPS) is 12.2. The van der Waals surface area contributed by atoms with E-state index >= 15 is 0 Å². The lowest BCUT2D eigenvalue weighted by atomic mass is 10.1. The summed E-state index contributed by atoms with van der Waals surface area (Å²) in [6, 6.07) is 5.24. The van der Waals surface area contributed by atoms with Crippen molar-refractivity contribution in [3.63, 3.8) is 0 Å². The number of methoxy groups -OCH3 is 1. The van der Waals surface area contributed by atoms with Crippen LogP contribution < -0.4 is 10.1 Å². The first-order chi connectivity index (χ1) is 9.56. The summed E-state index contributed by atoms with van der Waals surface area (Å²) in [5.74, 6) is 2.78.